The molecule has 17 heavy (non-hydrogen) atoms. The normalized spacial score (nSPS) is 10.4. The summed E-state index contributed by atoms with van der Waals surface area (Å²) in [5, 5.41) is 0. The van der Waals surface area contributed by atoms with Gasteiger partial charge in [0.1, 0.15) is 5.75 Å². The lowest BCUT2D eigenvalue weighted by Crippen LogP contribution is -2.31. The molecule has 6 heteroatoms. The number of methoxy groups -OCH3 is 1. The van der Waals surface area contributed by atoms with E-state index in [9.17, 15) is 13.6 Å². The number of hydrogen-bond donors (Lipinski definition) is 1. The van der Waals surface area contributed by atoms with Gasteiger partial charge in [-0.1, -0.05) is 0 Å². The van der Waals surface area contributed by atoms with Crippen LogP contribution >= 0.6 is 0 Å². The summed E-state index contributed by atoms with van der Waals surface area (Å²) in [4.78, 5) is 12.7. The third-order valence-electron chi connectivity index (χ3n) is 2.17. The van der Waals surface area contributed by atoms with Gasteiger partial charge < -0.3 is 15.4 Å². The van der Waals surface area contributed by atoms with E-state index in [-0.39, 0.29) is 5.56 Å². The summed E-state index contributed by atoms with van der Waals surface area (Å²) in [5.41, 5.74) is 6.15. The second-order valence-electron chi connectivity index (χ2n) is 3.57. The number of anilines is 1. The van der Waals surface area contributed by atoms with Crippen LogP contribution in [0.2, 0.25) is 0 Å². The number of nitrogens with zero attached hydrogens (tertiary/aromatic N) is 1. The summed E-state index contributed by atoms with van der Waals surface area (Å²) in [6.07, 6.45) is -2.56. The molecular formula is C11H14F2N2O2. The molecule has 0 heterocycles. The molecule has 0 aliphatic carbocycles. The summed E-state index contributed by atoms with van der Waals surface area (Å²) < 4.78 is 29.2. The van der Waals surface area contributed by atoms with Crippen molar-refractivity contribution in [1.29, 1.82) is 0 Å². The Balaban J connectivity index is 2.91. The number of nitrogens with two attached hydrogens (primary N) is 1. The lowest BCUT2D eigenvalue weighted by Gasteiger charge is -2.17. The molecule has 2 N–H and O–H groups in total. The highest BCUT2D eigenvalue weighted by Crippen LogP contribution is 2.19. The number of alkyl halides is 2. The van der Waals surface area contributed by atoms with Gasteiger partial charge in [0.15, 0.2) is 0 Å². The van der Waals surface area contributed by atoms with E-state index in [1.807, 2.05) is 0 Å². The Kier molecular flexibility index (Phi) is 4.25. The van der Waals surface area contributed by atoms with Crippen LogP contribution in [0, 0.1) is 0 Å². The lowest BCUT2D eigenvalue weighted by atomic mass is 10.1. The quantitative estimate of drug-likeness (QED) is 0.819. The van der Waals surface area contributed by atoms with Gasteiger partial charge in [0.2, 0.25) is 0 Å². The molecule has 0 radical (unpaired) electrons. The van der Waals surface area contributed by atoms with E-state index in [1.165, 1.54) is 26.3 Å². The first-order valence-corrected chi connectivity index (χ1v) is 4.92. The van der Waals surface area contributed by atoms with Gasteiger partial charge >= 0.3 is 0 Å². The monoisotopic (exact) mass is 244 g/mol. The summed E-state index contributed by atoms with van der Waals surface area (Å²) in [6, 6.07) is 4.43. The standard InChI is InChI=1S/C11H14F2N2O2/c1-15(6-10(12)13)11(16)7-3-8(14)5-9(4-7)17-2/h3-5,10H,6,14H2,1-2H3. The van der Waals surface area contributed by atoms with Crippen LogP contribution in [0.5, 0.6) is 5.75 Å². The van der Waals surface area contributed by atoms with Gasteiger partial charge in [-0.15, -0.1) is 0 Å². The zero-order chi connectivity index (χ0) is 13.0. The zero-order valence-electron chi connectivity index (χ0n) is 9.61. The van der Waals surface area contributed by atoms with Crippen LogP contribution in [0.4, 0.5) is 14.5 Å². The van der Waals surface area contributed by atoms with E-state index >= 15 is 0 Å². The van der Waals surface area contributed by atoms with E-state index in [4.69, 9.17) is 10.5 Å². The van der Waals surface area contributed by atoms with Gasteiger partial charge in [0, 0.05) is 24.4 Å². The second kappa shape index (κ2) is 5.47. The number of carbonyl (C=O) groups is 1. The lowest BCUT2D eigenvalue weighted by molar-refractivity contribution is 0.0620. The van der Waals surface area contributed by atoms with Crippen molar-refractivity contribution >= 4 is 11.6 Å². The Morgan fingerprint density at radius 3 is 2.65 bits per heavy atom. The van der Waals surface area contributed by atoms with Gasteiger partial charge in [-0.25, -0.2) is 8.78 Å². The van der Waals surface area contributed by atoms with Crippen molar-refractivity contribution in [3.8, 4) is 5.75 Å². The molecule has 1 rings (SSSR count). The molecule has 0 aliphatic heterocycles. The highest BCUT2D eigenvalue weighted by Gasteiger charge is 2.16. The van der Waals surface area contributed by atoms with Crippen molar-refractivity contribution in [1.82, 2.24) is 4.90 Å². The average molecular weight is 244 g/mol. The van der Waals surface area contributed by atoms with Crippen LogP contribution in [-0.4, -0.2) is 37.9 Å². The van der Waals surface area contributed by atoms with Gasteiger partial charge in [0.05, 0.1) is 13.7 Å². The molecule has 0 atom stereocenters. The number of benzene rings is 1. The first-order valence-electron chi connectivity index (χ1n) is 4.92. The Morgan fingerprint density at radius 1 is 1.47 bits per heavy atom. The molecule has 1 aromatic carbocycles. The fourth-order valence-electron chi connectivity index (χ4n) is 1.37. The van der Waals surface area contributed by atoms with Gasteiger partial charge in [0.25, 0.3) is 12.3 Å². The van der Waals surface area contributed by atoms with Crippen molar-refractivity contribution in [2.75, 3.05) is 26.4 Å². The largest absolute Gasteiger partial charge is 0.497 e. The van der Waals surface area contributed by atoms with E-state index < -0.39 is 18.9 Å². The Morgan fingerprint density at radius 2 is 2.12 bits per heavy atom. The fourth-order valence-corrected chi connectivity index (χ4v) is 1.37. The second-order valence-corrected chi connectivity index (χ2v) is 3.57. The topological polar surface area (TPSA) is 55.6 Å². The molecule has 0 aromatic heterocycles. The highest BCUT2D eigenvalue weighted by molar-refractivity contribution is 5.95. The molecule has 1 amide bonds. The maximum atomic E-state index is 12.1. The fraction of sp³-hybridized carbons (Fsp3) is 0.364. The molecule has 1 aromatic rings. The molecule has 0 saturated carbocycles. The molecule has 94 valence electrons. The van der Waals surface area contributed by atoms with Crippen molar-refractivity contribution in [3.05, 3.63) is 23.8 Å². The molecule has 0 unspecified atom stereocenters. The molecule has 0 fully saturated rings. The van der Waals surface area contributed by atoms with E-state index in [2.05, 4.69) is 0 Å². The number of halogens is 2. The van der Waals surface area contributed by atoms with Gasteiger partial charge in [-0.3, -0.25) is 4.79 Å². The summed E-state index contributed by atoms with van der Waals surface area (Å²) >= 11 is 0. The minimum atomic E-state index is -2.56. The predicted molar refractivity (Wildman–Crippen MR) is 60.4 cm³/mol. The first-order chi connectivity index (χ1) is 7.93. The Hall–Kier alpha value is -1.85. The zero-order valence-corrected chi connectivity index (χ0v) is 9.61. The number of hydrogen-bond acceptors (Lipinski definition) is 3. The van der Waals surface area contributed by atoms with E-state index in [0.29, 0.717) is 11.4 Å². The minimum absolute atomic E-state index is 0.227. The maximum Gasteiger partial charge on any atom is 0.255 e. The van der Waals surface area contributed by atoms with Crippen LogP contribution < -0.4 is 10.5 Å². The Bertz CT molecular complexity index is 410. The minimum Gasteiger partial charge on any atom is -0.497 e. The summed E-state index contributed by atoms with van der Waals surface area (Å²) in [7, 11) is 2.75. The number of nitrogen functional groups attached to an aromatic ring is 1. The maximum absolute atomic E-state index is 12.1. The average Bonchev–Trinajstić information content (AvgIpc) is 2.26. The number of amides is 1. The van der Waals surface area contributed by atoms with Crippen LogP contribution in [0.25, 0.3) is 0 Å². The van der Waals surface area contributed by atoms with Gasteiger partial charge in [-0.2, -0.15) is 0 Å². The molecule has 0 bridgehead atoms. The van der Waals surface area contributed by atoms with Crippen molar-refractivity contribution < 1.29 is 18.3 Å². The SMILES string of the molecule is COc1cc(N)cc(C(=O)N(C)CC(F)F)c1. The smallest absolute Gasteiger partial charge is 0.255 e. The third kappa shape index (κ3) is 3.58. The number of ether oxygens (including phenoxy) is 1. The summed E-state index contributed by atoms with van der Waals surface area (Å²) in [6.45, 7) is -0.615. The number of rotatable bonds is 4. The van der Waals surface area contributed by atoms with Crippen LogP contribution in [0.3, 0.4) is 0 Å². The van der Waals surface area contributed by atoms with E-state index in [0.717, 1.165) is 4.90 Å². The number of carbonyl (C=O) groups excluding carboxylic acids is 1. The molecule has 4 nitrogen and oxygen atoms in total. The molecule has 0 spiro atoms. The van der Waals surface area contributed by atoms with Crippen LogP contribution in [0.1, 0.15) is 10.4 Å². The Labute approximate surface area is 98.0 Å². The summed E-state index contributed by atoms with van der Waals surface area (Å²) in [5.74, 6) is -0.102. The van der Waals surface area contributed by atoms with Gasteiger partial charge in [-0.05, 0) is 12.1 Å². The van der Waals surface area contributed by atoms with Crippen LogP contribution in [0.15, 0.2) is 18.2 Å². The molecular weight excluding hydrogens is 230 g/mol. The van der Waals surface area contributed by atoms with Crippen molar-refractivity contribution in [3.63, 3.8) is 0 Å². The first kappa shape index (κ1) is 13.2. The van der Waals surface area contributed by atoms with Crippen LogP contribution in [-0.2, 0) is 0 Å². The van der Waals surface area contributed by atoms with E-state index in [1.54, 1.807) is 6.07 Å². The molecule has 0 aliphatic rings. The van der Waals surface area contributed by atoms with Crippen molar-refractivity contribution in [2.24, 2.45) is 0 Å². The third-order valence-corrected chi connectivity index (χ3v) is 2.17. The molecule has 0 saturated heterocycles. The van der Waals surface area contributed by atoms with Crippen molar-refractivity contribution in [2.45, 2.75) is 6.43 Å². The predicted octanol–water partition coefficient (Wildman–Crippen LogP) is 1.61. The highest BCUT2D eigenvalue weighted by atomic mass is 19.3.